The molecule has 0 radical (unpaired) electrons. The second kappa shape index (κ2) is 7.59. The summed E-state index contributed by atoms with van der Waals surface area (Å²) in [6, 6.07) is 14.2. The van der Waals surface area contributed by atoms with Gasteiger partial charge < -0.3 is 15.2 Å². The number of aromatic nitrogens is 3. The lowest BCUT2D eigenvalue weighted by molar-refractivity contribution is 0.400. The van der Waals surface area contributed by atoms with Crippen molar-refractivity contribution in [1.82, 2.24) is 15.1 Å². The Bertz CT molecular complexity index is 785. The molecular weight excluding hydrogens is 302 g/mol. The highest BCUT2D eigenvalue weighted by molar-refractivity contribution is 5.50. The average molecular weight is 323 g/mol. The molecule has 6 nitrogen and oxygen atoms in total. The maximum atomic E-state index is 5.03. The van der Waals surface area contributed by atoms with Gasteiger partial charge in [0.15, 0.2) is 5.82 Å². The Hall–Kier alpha value is -2.89. The van der Waals surface area contributed by atoms with E-state index in [-0.39, 0.29) is 0 Å². The van der Waals surface area contributed by atoms with E-state index in [1.54, 1.807) is 6.07 Å². The van der Waals surface area contributed by atoms with Crippen LogP contribution in [0.2, 0.25) is 0 Å². The monoisotopic (exact) mass is 323 g/mol. The van der Waals surface area contributed by atoms with E-state index in [9.17, 15) is 0 Å². The third-order valence-electron chi connectivity index (χ3n) is 3.51. The quantitative estimate of drug-likeness (QED) is 0.643. The van der Waals surface area contributed by atoms with Gasteiger partial charge in [-0.05, 0) is 32.3 Å². The second-order valence-electron chi connectivity index (χ2n) is 5.68. The molecule has 0 aliphatic carbocycles. The van der Waals surface area contributed by atoms with E-state index in [4.69, 9.17) is 4.52 Å². The minimum absolute atomic E-state index is 0.508. The van der Waals surface area contributed by atoms with Gasteiger partial charge in [0.05, 0.1) is 0 Å². The fraction of sp³-hybridized carbons (Fsp3) is 0.278. The van der Waals surface area contributed by atoms with Crippen LogP contribution in [-0.4, -0.2) is 21.7 Å². The van der Waals surface area contributed by atoms with E-state index in [0.29, 0.717) is 11.8 Å². The first kappa shape index (κ1) is 16.0. The van der Waals surface area contributed by atoms with Crippen LogP contribution in [0.25, 0.3) is 0 Å². The molecule has 0 aliphatic heterocycles. The van der Waals surface area contributed by atoms with E-state index in [2.05, 4.69) is 50.0 Å². The molecule has 2 heterocycles. The average Bonchev–Trinajstić information content (AvgIpc) is 2.97. The standard InChI is InChI=1S/C18H21N5O/c1-13-11-16(19-10-6-9-15-7-4-3-5-8-15)21-18(20-13)22-17-12-14(2)24-23-17/h3-5,7-8,11-12H,6,9-10H2,1-2H3,(H2,19,20,21,22,23). The highest BCUT2D eigenvalue weighted by atomic mass is 16.5. The summed E-state index contributed by atoms with van der Waals surface area (Å²) in [4.78, 5) is 8.84. The Morgan fingerprint density at radius 3 is 2.58 bits per heavy atom. The lowest BCUT2D eigenvalue weighted by Crippen LogP contribution is -2.07. The van der Waals surface area contributed by atoms with E-state index in [1.165, 1.54) is 5.56 Å². The molecule has 6 heteroatoms. The van der Waals surface area contributed by atoms with Crippen molar-refractivity contribution in [3.05, 3.63) is 59.5 Å². The largest absolute Gasteiger partial charge is 0.370 e. The molecule has 0 fully saturated rings. The summed E-state index contributed by atoms with van der Waals surface area (Å²) in [5.74, 6) is 2.66. The maximum absolute atomic E-state index is 5.03. The van der Waals surface area contributed by atoms with Crippen molar-refractivity contribution in [2.24, 2.45) is 0 Å². The Morgan fingerprint density at radius 1 is 1.00 bits per heavy atom. The van der Waals surface area contributed by atoms with Crippen molar-refractivity contribution >= 4 is 17.6 Å². The summed E-state index contributed by atoms with van der Waals surface area (Å²) >= 11 is 0. The molecule has 0 bridgehead atoms. The van der Waals surface area contributed by atoms with Crippen LogP contribution in [0.5, 0.6) is 0 Å². The van der Waals surface area contributed by atoms with Crippen molar-refractivity contribution in [2.75, 3.05) is 17.2 Å². The normalized spacial score (nSPS) is 10.6. The maximum Gasteiger partial charge on any atom is 0.230 e. The second-order valence-corrected chi connectivity index (χ2v) is 5.68. The smallest absolute Gasteiger partial charge is 0.230 e. The number of hydrogen-bond donors (Lipinski definition) is 2. The van der Waals surface area contributed by atoms with Crippen LogP contribution in [0.4, 0.5) is 17.6 Å². The molecule has 1 aromatic carbocycles. The van der Waals surface area contributed by atoms with E-state index in [1.807, 2.05) is 26.0 Å². The Labute approximate surface area is 141 Å². The third-order valence-corrected chi connectivity index (χ3v) is 3.51. The number of hydrogen-bond acceptors (Lipinski definition) is 6. The molecule has 0 unspecified atom stereocenters. The molecule has 0 amide bonds. The summed E-state index contributed by atoms with van der Waals surface area (Å²) in [5, 5.41) is 10.3. The number of nitrogens with one attached hydrogen (secondary N) is 2. The first-order chi connectivity index (χ1) is 11.7. The van der Waals surface area contributed by atoms with Crippen LogP contribution in [0, 0.1) is 13.8 Å². The molecule has 3 aromatic rings. The van der Waals surface area contributed by atoms with Crippen LogP contribution in [0.1, 0.15) is 23.4 Å². The van der Waals surface area contributed by atoms with Crippen LogP contribution >= 0.6 is 0 Å². The lowest BCUT2D eigenvalue weighted by Gasteiger charge is -2.09. The van der Waals surface area contributed by atoms with E-state index < -0.39 is 0 Å². The molecule has 0 aliphatic rings. The first-order valence-corrected chi connectivity index (χ1v) is 8.03. The van der Waals surface area contributed by atoms with E-state index >= 15 is 0 Å². The summed E-state index contributed by atoms with van der Waals surface area (Å²) < 4.78 is 5.03. The van der Waals surface area contributed by atoms with Gasteiger partial charge in [0.2, 0.25) is 5.95 Å². The number of benzene rings is 1. The van der Waals surface area contributed by atoms with Crippen LogP contribution in [-0.2, 0) is 6.42 Å². The van der Waals surface area contributed by atoms with Crippen molar-refractivity contribution in [2.45, 2.75) is 26.7 Å². The zero-order valence-corrected chi connectivity index (χ0v) is 13.9. The summed E-state index contributed by atoms with van der Waals surface area (Å²) in [7, 11) is 0. The highest BCUT2D eigenvalue weighted by Crippen LogP contribution is 2.15. The Kier molecular flexibility index (Phi) is 5.05. The number of nitrogens with zero attached hydrogens (tertiary/aromatic N) is 3. The van der Waals surface area contributed by atoms with Crippen molar-refractivity contribution < 1.29 is 4.52 Å². The van der Waals surface area contributed by atoms with Gasteiger partial charge in [0.25, 0.3) is 0 Å². The van der Waals surface area contributed by atoms with E-state index in [0.717, 1.165) is 36.7 Å². The van der Waals surface area contributed by atoms with Gasteiger partial charge in [-0.15, -0.1) is 0 Å². The molecule has 2 aromatic heterocycles. The number of aryl methyl sites for hydroxylation is 3. The lowest BCUT2D eigenvalue weighted by atomic mass is 10.1. The van der Waals surface area contributed by atoms with Crippen molar-refractivity contribution in [1.29, 1.82) is 0 Å². The van der Waals surface area contributed by atoms with Crippen LogP contribution in [0.3, 0.4) is 0 Å². The Morgan fingerprint density at radius 2 is 1.83 bits per heavy atom. The Balaban J connectivity index is 1.55. The van der Waals surface area contributed by atoms with Crippen LogP contribution < -0.4 is 10.6 Å². The van der Waals surface area contributed by atoms with Crippen molar-refractivity contribution in [3.8, 4) is 0 Å². The molecule has 0 saturated heterocycles. The van der Waals surface area contributed by atoms with Crippen molar-refractivity contribution in [3.63, 3.8) is 0 Å². The summed E-state index contributed by atoms with van der Waals surface area (Å²) in [6.45, 7) is 4.64. The summed E-state index contributed by atoms with van der Waals surface area (Å²) in [6.07, 6.45) is 2.08. The minimum atomic E-state index is 0.508. The van der Waals surface area contributed by atoms with Gasteiger partial charge in [-0.2, -0.15) is 4.98 Å². The molecule has 3 rings (SSSR count). The zero-order chi connectivity index (χ0) is 16.8. The molecule has 0 saturated carbocycles. The fourth-order valence-corrected chi connectivity index (χ4v) is 2.41. The van der Waals surface area contributed by atoms with Gasteiger partial charge in [-0.3, -0.25) is 0 Å². The van der Waals surface area contributed by atoms with Gasteiger partial charge >= 0.3 is 0 Å². The first-order valence-electron chi connectivity index (χ1n) is 8.03. The third kappa shape index (κ3) is 4.55. The summed E-state index contributed by atoms with van der Waals surface area (Å²) in [5.41, 5.74) is 2.24. The predicted molar refractivity (Wildman–Crippen MR) is 94.5 cm³/mol. The topological polar surface area (TPSA) is 75.9 Å². The van der Waals surface area contributed by atoms with Crippen LogP contribution in [0.15, 0.2) is 47.0 Å². The minimum Gasteiger partial charge on any atom is -0.370 e. The molecule has 0 atom stereocenters. The SMILES string of the molecule is Cc1cc(NCCCc2ccccc2)nc(Nc2cc(C)on2)n1. The van der Waals surface area contributed by atoms with Gasteiger partial charge in [0.1, 0.15) is 11.6 Å². The number of rotatable bonds is 7. The molecule has 0 spiro atoms. The molecular formula is C18H21N5O. The zero-order valence-electron chi connectivity index (χ0n) is 13.9. The van der Waals surface area contributed by atoms with Gasteiger partial charge in [-0.1, -0.05) is 35.5 Å². The molecule has 2 N–H and O–H groups in total. The fourth-order valence-electron chi connectivity index (χ4n) is 2.41. The highest BCUT2D eigenvalue weighted by Gasteiger charge is 2.05. The van der Waals surface area contributed by atoms with Gasteiger partial charge in [-0.25, -0.2) is 4.98 Å². The molecule has 24 heavy (non-hydrogen) atoms. The predicted octanol–water partition coefficient (Wildman–Crippen LogP) is 3.87. The number of anilines is 3. The molecule has 124 valence electrons. The van der Waals surface area contributed by atoms with Gasteiger partial charge in [0, 0.05) is 24.4 Å².